The molecule has 2 atom stereocenters. The fourth-order valence-electron chi connectivity index (χ4n) is 6.80. The van der Waals surface area contributed by atoms with Gasteiger partial charge in [0.1, 0.15) is 12.1 Å². The van der Waals surface area contributed by atoms with Gasteiger partial charge in [-0.2, -0.15) is 0 Å². The predicted octanol–water partition coefficient (Wildman–Crippen LogP) is 3.29. The number of H-pyrrole nitrogens is 1. The normalized spacial score (nSPS) is 17.5. The molecule has 1 aromatic heterocycles. The molecule has 3 heterocycles. The van der Waals surface area contributed by atoms with Crippen LogP contribution in [0.1, 0.15) is 36.8 Å². The van der Waals surface area contributed by atoms with Gasteiger partial charge in [-0.3, -0.25) is 14.4 Å². The molecule has 5 N–H and O–H groups in total. The number of benzene rings is 3. The average Bonchev–Trinajstić information content (AvgIpc) is 3.50. The Balaban J connectivity index is 1.27. The summed E-state index contributed by atoms with van der Waals surface area (Å²) in [4.78, 5) is 46.9. The molecule has 4 aromatic rings. The summed E-state index contributed by atoms with van der Waals surface area (Å²) in [5.74, 6) is -0.717. The average molecular weight is 609 g/mol. The maximum Gasteiger partial charge on any atom is 0.245 e. The van der Waals surface area contributed by atoms with Crippen molar-refractivity contribution in [3.05, 3.63) is 84.1 Å². The lowest BCUT2D eigenvalue weighted by Gasteiger charge is -2.34. The van der Waals surface area contributed by atoms with E-state index in [1.54, 1.807) is 0 Å². The van der Waals surface area contributed by atoms with E-state index in [-0.39, 0.29) is 29.7 Å². The van der Waals surface area contributed by atoms with Gasteiger partial charge in [0.05, 0.1) is 0 Å². The maximum absolute atomic E-state index is 14.2. The number of carbonyl (C=O) groups excluding carboxylic acids is 3. The Hall–Kier alpha value is -4.21. The van der Waals surface area contributed by atoms with E-state index >= 15 is 0 Å². The quantitative estimate of drug-likeness (QED) is 0.189. The number of amides is 3. The third-order valence-corrected chi connectivity index (χ3v) is 9.51. The molecule has 2 fully saturated rings. The van der Waals surface area contributed by atoms with E-state index in [9.17, 15) is 14.4 Å². The number of likely N-dealkylation sites (N-methyl/N-ethyl adjacent to an activating group) is 1. The zero-order valence-corrected chi connectivity index (χ0v) is 26.0. The minimum absolute atomic E-state index is 0.108. The highest BCUT2D eigenvalue weighted by atomic mass is 16.2. The minimum atomic E-state index is -0.831. The molecule has 45 heavy (non-hydrogen) atoms. The summed E-state index contributed by atoms with van der Waals surface area (Å²) >= 11 is 0. The third kappa shape index (κ3) is 7.37. The fourth-order valence-corrected chi connectivity index (χ4v) is 6.80. The van der Waals surface area contributed by atoms with E-state index in [4.69, 9.17) is 0 Å². The summed E-state index contributed by atoms with van der Waals surface area (Å²) in [6, 6.07) is 20.8. The van der Waals surface area contributed by atoms with Gasteiger partial charge in [-0.15, -0.1) is 0 Å². The molecule has 3 amide bonds. The van der Waals surface area contributed by atoms with Crippen LogP contribution in [0.15, 0.2) is 72.9 Å². The Morgan fingerprint density at radius 3 is 2.27 bits per heavy atom. The number of nitrogens with zero attached hydrogens (tertiary/aromatic N) is 1. The summed E-state index contributed by atoms with van der Waals surface area (Å²) in [6.07, 6.45) is 5.78. The van der Waals surface area contributed by atoms with Gasteiger partial charge >= 0.3 is 0 Å². The van der Waals surface area contributed by atoms with Gasteiger partial charge in [-0.1, -0.05) is 60.7 Å². The zero-order valence-electron chi connectivity index (χ0n) is 26.0. The molecule has 6 rings (SSSR count). The molecular weight excluding hydrogens is 564 g/mol. The third-order valence-electron chi connectivity index (χ3n) is 9.51. The van der Waals surface area contributed by atoms with Crippen molar-refractivity contribution in [2.24, 2.45) is 5.92 Å². The first-order valence-corrected chi connectivity index (χ1v) is 16.3. The number of hydrogen-bond acceptors (Lipinski definition) is 5. The Kier molecular flexibility index (Phi) is 9.76. The second kappa shape index (κ2) is 14.3. The van der Waals surface area contributed by atoms with Gasteiger partial charge < -0.3 is 31.2 Å². The van der Waals surface area contributed by atoms with E-state index in [0.717, 1.165) is 84.7 Å². The maximum atomic E-state index is 14.2. The van der Waals surface area contributed by atoms with E-state index in [1.807, 2.05) is 60.6 Å². The van der Waals surface area contributed by atoms with Gasteiger partial charge in [0, 0.05) is 48.9 Å². The predicted molar refractivity (Wildman–Crippen MR) is 178 cm³/mol. The van der Waals surface area contributed by atoms with Crippen LogP contribution in [-0.4, -0.2) is 79.0 Å². The van der Waals surface area contributed by atoms with Crippen LogP contribution in [0, 0.1) is 5.92 Å². The van der Waals surface area contributed by atoms with Crippen molar-refractivity contribution in [2.75, 3.05) is 33.2 Å². The number of carbonyl (C=O) groups is 3. The Morgan fingerprint density at radius 2 is 1.49 bits per heavy atom. The Bertz CT molecular complexity index is 1640. The molecule has 3 aromatic carbocycles. The smallest absolute Gasteiger partial charge is 0.245 e. The van der Waals surface area contributed by atoms with E-state index in [2.05, 4.69) is 50.5 Å². The lowest BCUT2D eigenvalue weighted by atomic mass is 9.95. The van der Waals surface area contributed by atoms with Crippen LogP contribution in [0.5, 0.6) is 0 Å². The summed E-state index contributed by atoms with van der Waals surface area (Å²) < 4.78 is 0. The molecule has 2 saturated heterocycles. The monoisotopic (exact) mass is 608 g/mol. The molecule has 9 nitrogen and oxygen atoms in total. The van der Waals surface area contributed by atoms with Crippen LogP contribution in [-0.2, 0) is 27.2 Å². The van der Waals surface area contributed by atoms with Gasteiger partial charge in [-0.25, -0.2) is 0 Å². The van der Waals surface area contributed by atoms with Gasteiger partial charge in [0.25, 0.3) is 0 Å². The van der Waals surface area contributed by atoms with Crippen LogP contribution in [0.2, 0.25) is 0 Å². The molecular formula is C36H44N6O3. The first-order chi connectivity index (χ1) is 22.0. The number of hydrogen-bond donors (Lipinski definition) is 5. The van der Waals surface area contributed by atoms with E-state index in [1.165, 1.54) is 0 Å². The number of piperidine rings is 2. The van der Waals surface area contributed by atoms with Crippen LogP contribution < -0.4 is 21.3 Å². The number of rotatable bonds is 10. The van der Waals surface area contributed by atoms with Crippen LogP contribution in [0.4, 0.5) is 0 Å². The molecule has 2 unspecified atom stereocenters. The van der Waals surface area contributed by atoms with Crippen molar-refractivity contribution in [3.63, 3.8) is 0 Å². The lowest BCUT2D eigenvalue weighted by Crippen LogP contribution is -2.57. The highest BCUT2D eigenvalue weighted by Crippen LogP contribution is 2.22. The molecule has 2 aliphatic heterocycles. The molecule has 2 aliphatic rings. The highest BCUT2D eigenvalue weighted by molar-refractivity contribution is 5.94. The summed E-state index contributed by atoms with van der Waals surface area (Å²) in [5, 5.41) is 16.1. The van der Waals surface area contributed by atoms with Gasteiger partial charge in [0.15, 0.2) is 0 Å². The standard InChI is InChI=1S/C36H44N6O3/c1-42(29-14-18-38-19-15-29)36(45)33(21-24-10-11-25-6-2-3-7-27(25)20-24)41-35(44)32(40-34(43)26-12-16-37-17-13-26)22-28-23-39-31-9-5-4-8-30(28)31/h2-11,20,23,26,29,32-33,37-39H,12-19,21-22H2,1H3,(H,40,43)(H,41,44). The summed E-state index contributed by atoms with van der Waals surface area (Å²) in [6.45, 7) is 3.28. The molecule has 0 spiro atoms. The van der Waals surface area contributed by atoms with Crippen LogP contribution in [0.25, 0.3) is 21.7 Å². The van der Waals surface area contributed by atoms with Crippen LogP contribution >= 0.6 is 0 Å². The number of fused-ring (bicyclic) bond motifs is 2. The Morgan fingerprint density at radius 1 is 0.800 bits per heavy atom. The van der Waals surface area contributed by atoms with Crippen LogP contribution in [0.3, 0.4) is 0 Å². The fraction of sp³-hybridized carbons (Fsp3) is 0.417. The zero-order chi connectivity index (χ0) is 31.2. The van der Waals surface area contributed by atoms with Crippen molar-refractivity contribution in [3.8, 4) is 0 Å². The molecule has 0 radical (unpaired) electrons. The number of nitrogens with one attached hydrogen (secondary N) is 5. The minimum Gasteiger partial charge on any atom is -0.361 e. The Labute approximate surface area is 264 Å². The lowest BCUT2D eigenvalue weighted by molar-refractivity contribution is -0.138. The topological polar surface area (TPSA) is 118 Å². The highest BCUT2D eigenvalue weighted by Gasteiger charge is 2.33. The van der Waals surface area contributed by atoms with Crippen molar-refractivity contribution in [1.82, 2.24) is 31.2 Å². The van der Waals surface area contributed by atoms with Crippen molar-refractivity contribution in [2.45, 2.75) is 56.7 Å². The number of aromatic nitrogens is 1. The molecule has 9 heteroatoms. The molecule has 0 aliphatic carbocycles. The summed E-state index contributed by atoms with van der Waals surface area (Å²) in [5.41, 5.74) is 2.89. The van der Waals surface area contributed by atoms with Crippen molar-refractivity contribution in [1.29, 1.82) is 0 Å². The largest absolute Gasteiger partial charge is 0.361 e. The molecule has 0 saturated carbocycles. The SMILES string of the molecule is CN(C(=O)C(Cc1ccc2ccccc2c1)NC(=O)C(Cc1c[nH]c2ccccc12)NC(=O)C1CCNCC1)C1CCNCC1. The van der Waals surface area contributed by atoms with Crippen molar-refractivity contribution >= 4 is 39.4 Å². The first kappa shape index (κ1) is 30.8. The second-order valence-corrected chi connectivity index (χ2v) is 12.5. The molecule has 236 valence electrons. The first-order valence-electron chi connectivity index (χ1n) is 16.3. The van der Waals surface area contributed by atoms with Gasteiger partial charge in [0.2, 0.25) is 17.7 Å². The van der Waals surface area contributed by atoms with E-state index < -0.39 is 12.1 Å². The number of para-hydroxylation sites is 1. The van der Waals surface area contributed by atoms with Gasteiger partial charge in [-0.05, 0) is 79.8 Å². The van der Waals surface area contributed by atoms with E-state index in [0.29, 0.717) is 12.8 Å². The molecule has 0 bridgehead atoms. The second-order valence-electron chi connectivity index (χ2n) is 12.5. The number of aromatic amines is 1. The summed E-state index contributed by atoms with van der Waals surface area (Å²) in [7, 11) is 1.85. The van der Waals surface area contributed by atoms with Crippen molar-refractivity contribution < 1.29 is 14.4 Å².